The van der Waals surface area contributed by atoms with Crippen molar-refractivity contribution in [1.82, 2.24) is 9.88 Å². The van der Waals surface area contributed by atoms with Crippen LogP contribution in [-0.4, -0.2) is 28.9 Å². The van der Waals surface area contributed by atoms with Crippen LogP contribution in [0.2, 0.25) is 0 Å². The highest BCUT2D eigenvalue weighted by atomic mass is 16.1. The average molecular weight is 230 g/mol. The van der Waals surface area contributed by atoms with Crippen molar-refractivity contribution in [2.75, 3.05) is 13.1 Å². The lowest BCUT2D eigenvalue weighted by Crippen LogP contribution is -2.27. The van der Waals surface area contributed by atoms with Crippen molar-refractivity contribution in [3.8, 4) is 6.07 Å². The van der Waals surface area contributed by atoms with Crippen LogP contribution in [-0.2, 0) is 11.3 Å². The second-order valence-electron chi connectivity index (χ2n) is 4.25. The maximum absolute atomic E-state index is 11.1. The van der Waals surface area contributed by atoms with Crippen molar-refractivity contribution in [3.63, 3.8) is 0 Å². The first kappa shape index (κ1) is 11.6. The van der Waals surface area contributed by atoms with E-state index in [9.17, 15) is 4.79 Å². The molecule has 0 bridgehead atoms. The number of pyridine rings is 1. The number of hydrogen-bond acceptors (Lipinski definition) is 4. The van der Waals surface area contributed by atoms with Crippen LogP contribution in [0.3, 0.4) is 0 Å². The molecule has 1 amide bonds. The second kappa shape index (κ2) is 4.93. The van der Waals surface area contributed by atoms with Gasteiger partial charge in [0.05, 0.1) is 5.92 Å². The summed E-state index contributed by atoms with van der Waals surface area (Å²) in [6.45, 7) is 2.17. The van der Waals surface area contributed by atoms with E-state index >= 15 is 0 Å². The zero-order valence-electron chi connectivity index (χ0n) is 9.47. The number of nitrogens with two attached hydrogens (primary N) is 1. The molecule has 0 saturated carbocycles. The summed E-state index contributed by atoms with van der Waals surface area (Å²) >= 11 is 0. The molecule has 0 radical (unpaired) electrons. The van der Waals surface area contributed by atoms with Gasteiger partial charge in [0.1, 0.15) is 11.8 Å². The van der Waals surface area contributed by atoms with Gasteiger partial charge in [-0.15, -0.1) is 0 Å². The molecule has 2 rings (SSSR count). The van der Waals surface area contributed by atoms with E-state index in [0.717, 1.165) is 18.5 Å². The van der Waals surface area contributed by atoms with Gasteiger partial charge in [-0.2, -0.15) is 5.26 Å². The van der Waals surface area contributed by atoms with E-state index in [1.165, 1.54) is 0 Å². The zero-order valence-corrected chi connectivity index (χ0v) is 9.47. The Morgan fingerprint density at radius 2 is 2.53 bits per heavy atom. The summed E-state index contributed by atoms with van der Waals surface area (Å²) in [5, 5.41) is 8.93. The predicted molar refractivity (Wildman–Crippen MR) is 61.5 cm³/mol. The Kier molecular flexibility index (Phi) is 3.35. The van der Waals surface area contributed by atoms with E-state index in [0.29, 0.717) is 18.8 Å². The monoisotopic (exact) mass is 230 g/mol. The Morgan fingerprint density at radius 1 is 1.71 bits per heavy atom. The van der Waals surface area contributed by atoms with Crippen molar-refractivity contribution in [3.05, 3.63) is 29.6 Å². The average Bonchev–Trinajstić information content (AvgIpc) is 2.78. The topological polar surface area (TPSA) is 83.0 Å². The molecule has 1 saturated heterocycles. The first-order chi connectivity index (χ1) is 8.20. The third kappa shape index (κ3) is 2.60. The van der Waals surface area contributed by atoms with E-state index in [-0.39, 0.29) is 11.8 Å². The zero-order chi connectivity index (χ0) is 12.3. The van der Waals surface area contributed by atoms with Crippen LogP contribution in [0.4, 0.5) is 0 Å². The van der Waals surface area contributed by atoms with Gasteiger partial charge in [-0.1, -0.05) is 6.07 Å². The van der Waals surface area contributed by atoms with Gasteiger partial charge in [0, 0.05) is 24.8 Å². The number of carbonyl (C=O) groups excluding carboxylic acids is 1. The van der Waals surface area contributed by atoms with Gasteiger partial charge >= 0.3 is 0 Å². The molecule has 0 aromatic carbocycles. The molecule has 1 aliphatic heterocycles. The van der Waals surface area contributed by atoms with Crippen LogP contribution in [0.15, 0.2) is 18.3 Å². The largest absolute Gasteiger partial charge is 0.369 e. The summed E-state index contributed by atoms with van der Waals surface area (Å²) in [7, 11) is 0. The van der Waals surface area contributed by atoms with Gasteiger partial charge in [0.2, 0.25) is 5.91 Å². The summed E-state index contributed by atoms with van der Waals surface area (Å²) in [6, 6.07) is 5.78. The normalized spacial score (nSPS) is 20.1. The molecule has 5 heteroatoms. The van der Waals surface area contributed by atoms with Gasteiger partial charge in [0.25, 0.3) is 0 Å². The molecule has 0 spiro atoms. The van der Waals surface area contributed by atoms with Crippen LogP contribution in [0, 0.1) is 17.2 Å². The minimum Gasteiger partial charge on any atom is -0.369 e. The third-order valence-corrected chi connectivity index (χ3v) is 3.07. The van der Waals surface area contributed by atoms with Crippen molar-refractivity contribution in [2.24, 2.45) is 11.7 Å². The van der Waals surface area contributed by atoms with Crippen LogP contribution in [0.5, 0.6) is 0 Å². The van der Waals surface area contributed by atoms with Crippen molar-refractivity contribution in [2.45, 2.75) is 13.0 Å². The van der Waals surface area contributed by atoms with Gasteiger partial charge in [-0.3, -0.25) is 9.69 Å². The molecule has 2 heterocycles. The van der Waals surface area contributed by atoms with Gasteiger partial charge in [0.15, 0.2) is 0 Å². The number of likely N-dealkylation sites (tertiary alicyclic amines) is 1. The van der Waals surface area contributed by atoms with E-state index < -0.39 is 0 Å². The molecule has 5 nitrogen and oxygen atoms in total. The molecule has 1 aromatic rings. The number of carbonyl (C=O) groups is 1. The van der Waals surface area contributed by atoms with Gasteiger partial charge in [-0.05, 0) is 19.0 Å². The van der Waals surface area contributed by atoms with Crippen molar-refractivity contribution >= 4 is 5.91 Å². The van der Waals surface area contributed by atoms with E-state index in [2.05, 4.69) is 16.0 Å². The fourth-order valence-corrected chi connectivity index (χ4v) is 2.12. The quantitative estimate of drug-likeness (QED) is 0.807. The summed E-state index contributed by atoms with van der Waals surface area (Å²) in [5.41, 5.74) is 6.64. The molecule has 1 fully saturated rings. The molecule has 0 aliphatic carbocycles. The summed E-state index contributed by atoms with van der Waals surface area (Å²) in [5.74, 6) is -0.295. The number of nitriles is 1. The molecular formula is C12H14N4O. The van der Waals surface area contributed by atoms with E-state index in [1.807, 2.05) is 12.1 Å². The first-order valence-corrected chi connectivity index (χ1v) is 5.56. The van der Waals surface area contributed by atoms with Crippen LogP contribution >= 0.6 is 0 Å². The highest BCUT2D eigenvalue weighted by molar-refractivity contribution is 5.77. The Labute approximate surface area is 99.9 Å². The van der Waals surface area contributed by atoms with Gasteiger partial charge < -0.3 is 5.73 Å². The van der Waals surface area contributed by atoms with Crippen LogP contribution in [0.25, 0.3) is 0 Å². The molecule has 17 heavy (non-hydrogen) atoms. The molecule has 2 N–H and O–H groups in total. The fourth-order valence-electron chi connectivity index (χ4n) is 2.12. The lowest BCUT2D eigenvalue weighted by molar-refractivity contribution is -0.121. The molecule has 1 aliphatic rings. The summed E-state index contributed by atoms with van der Waals surface area (Å²) in [6.07, 6.45) is 2.41. The minimum atomic E-state index is -0.237. The standard InChI is InChI=1S/C12H14N4O/c13-6-11-9(2-1-4-15-11)7-16-5-3-10(8-16)12(14)17/h1-2,4,10H,3,5,7-8H2,(H2,14,17). The predicted octanol–water partition coefficient (Wildman–Crippen LogP) is 0.260. The number of hydrogen-bond donors (Lipinski definition) is 1. The molecule has 1 unspecified atom stereocenters. The number of primary amides is 1. The molecule has 1 aromatic heterocycles. The SMILES string of the molecule is N#Cc1ncccc1CN1CCC(C(N)=O)C1. The smallest absolute Gasteiger partial charge is 0.221 e. The van der Waals surface area contributed by atoms with E-state index in [1.54, 1.807) is 6.20 Å². The van der Waals surface area contributed by atoms with Crippen molar-refractivity contribution < 1.29 is 4.79 Å². The second-order valence-corrected chi connectivity index (χ2v) is 4.25. The maximum atomic E-state index is 11.1. The Hall–Kier alpha value is -1.93. The van der Waals surface area contributed by atoms with Crippen molar-refractivity contribution in [1.29, 1.82) is 5.26 Å². The summed E-state index contributed by atoms with van der Waals surface area (Å²) in [4.78, 5) is 17.2. The number of rotatable bonds is 3. The third-order valence-electron chi connectivity index (χ3n) is 3.07. The van der Waals surface area contributed by atoms with Crippen LogP contribution in [0.1, 0.15) is 17.7 Å². The number of nitrogens with zero attached hydrogens (tertiary/aromatic N) is 3. The minimum absolute atomic E-state index is 0.0581. The highest BCUT2D eigenvalue weighted by Gasteiger charge is 2.26. The Morgan fingerprint density at radius 3 is 3.18 bits per heavy atom. The number of aromatic nitrogens is 1. The Balaban J connectivity index is 2.03. The van der Waals surface area contributed by atoms with Gasteiger partial charge in [-0.25, -0.2) is 4.98 Å². The first-order valence-electron chi connectivity index (χ1n) is 5.56. The Bertz CT molecular complexity index is 466. The highest BCUT2D eigenvalue weighted by Crippen LogP contribution is 2.18. The number of amides is 1. The summed E-state index contributed by atoms with van der Waals surface area (Å²) < 4.78 is 0. The molecule has 88 valence electrons. The van der Waals surface area contributed by atoms with E-state index in [4.69, 9.17) is 11.0 Å². The molecular weight excluding hydrogens is 216 g/mol. The van der Waals surface area contributed by atoms with Crippen LogP contribution < -0.4 is 5.73 Å². The lowest BCUT2D eigenvalue weighted by atomic mass is 10.1. The fraction of sp³-hybridized carbons (Fsp3) is 0.417. The molecule has 1 atom stereocenters. The lowest BCUT2D eigenvalue weighted by Gasteiger charge is -2.15. The maximum Gasteiger partial charge on any atom is 0.221 e.